The van der Waals surface area contributed by atoms with Crippen LogP contribution < -0.4 is 10.1 Å². The van der Waals surface area contributed by atoms with Crippen LogP contribution in [0.4, 0.5) is 5.69 Å². The molecule has 4 aromatic rings. The molecule has 0 aliphatic heterocycles. The number of imidazole rings is 1. The Morgan fingerprint density at radius 1 is 0.929 bits per heavy atom. The number of carbonyl (C=O) groups is 1. The summed E-state index contributed by atoms with van der Waals surface area (Å²) in [5.41, 5.74) is 3.87. The number of benzene rings is 3. The molecule has 1 heterocycles. The van der Waals surface area contributed by atoms with Crippen molar-refractivity contribution in [1.29, 1.82) is 0 Å². The van der Waals surface area contributed by atoms with E-state index in [2.05, 4.69) is 10.3 Å². The first kappa shape index (κ1) is 17.5. The summed E-state index contributed by atoms with van der Waals surface area (Å²) >= 11 is 0. The van der Waals surface area contributed by atoms with E-state index >= 15 is 0 Å². The Bertz CT molecular complexity index is 1040. The summed E-state index contributed by atoms with van der Waals surface area (Å²) in [6, 6.07) is 25.3. The molecular formula is C23H19N3O2. The first-order valence-electron chi connectivity index (χ1n) is 8.94. The van der Waals surface area contributed by atoms with E-state index in [0.29, 0.717) is 5.75 Å². The Hall–Kier alpha value is -3.86. The fraction of sp³-hybridized carbons (Fsp3) is 0.0435. The van der Waals surface area contributed by atoms with E-state index in [9.17, 15) is 4.79 Å². The van der Waals surface area contributed by atoms with Crippen LogP contribution in [0.1, 0.15) is 0 Å². The molecule has 0 atom stereocenters. The molecule has 28 heavy (non-hydrogen) atoms. The van der Waals surface area contributed by atoms with Crippen LogP contribution in [0.25, 0.3) is 16.8 Å². The highest BCUT2D eigenvalue weighted by atomic mass is 16.5. The highest BCUT2D eigenvalue weighted by Gasteiger charge is 2.06. The van der Waals surface area contributed by atoms with Crippen molar-refractivity contribution in [3.8, 4) is 22.6 Å². The normalized spacial score (nSPS) is 10.4. The molecule has 1 amide bonds. The summed E-state index contributed by atoms with van der Waals surface area (Å²) in [5.74, 6) is 0.431. The van der Waals surface area contributed by atoms with Crippen molar-refractivity contribution in [3.05, 3.63) is 97.6 Å². The number of nitrogens with one attached hydrogen (secondary N) is 1. The van der Waals surface area contributed by atoms with E-state index < -0.39 is 0 Å². The molecular weight excluding hydrogens is 350 g/mol. The van der Waals surface area contributed by atoms with Crippen LogP contribution in [0.5, 0.6) is 5.75 Å². The zero-order valence-corrected chi connectivity index (χ0v) is 15.2. The maximum atomic E-state index is 12.2. The Morgan fingerprint density at radius 2 is 1.71 bits per heavy atom. The molecule has 1 aromatic heterocycles. The van der Waals surface area contributed by atoms with Gasteiger partial charge < -0.3 is 14.6 Å². The van der Waals surface area contributed by atoms with E-state index in [1.165, 1.54) is 0 Å². The molecule has 0 saturated carbocycles. The highest BCUT2D eigenvalue weighted by molar-refractivity contribution is 5.92. The number of anilines is 1. The largest absolute Gasteiger partial charge is 0.484 e. The molecule has 4 rings (SSSR count). The van der Waals surface area contributed by atoms with Gasteiger partial charge in [0.15, 0.2) is 6.61 Å². The van der Waals surface area contributed by atoms with Gasteiger partial charge >= 0.3 is 0 Å². The van der Waals surface area contributed by atoms with Crippen molar-refractivity contribution in [2.75, 3.05) is 11.9 Å². The average molecular weight is 369 g/mol. The predicted octanol–water partition coefficient (Wildman–Crippen LogP) is 4.56. The molecule has 1 N–H and O–H groups in total. The minimum absolute atomic E-state index is 0.0556. The lowest BCUT2D eigenvalue weighted by Gasteiger charge is -2.10. The summed E-state index contributed by atoms with van der Waals surface area (Å²) < 4.78 is 7.49. The molecule has 0 saturated heterocycles. The number of nitrogens with zero attached hydrogens (tertiary/aromatic N) is 2. The van der Waals surface area contributed by atoms with Gasteiger partial charge in [0.1, 0.15) is 5.75 Å². The summed E-state index contributed by atoms with van der Waals surface area (Å²) in [5, 5.41) is 2.88. The minimum Gasteiger partial charge on any atom is -0.484 e. The number of carbonyl (C=O) groups excluding carboxylic acids is 1. The van der Waals surface area contributed by atoms with Crippen molar-refractivity contribution >= 4 is 11.6 Å². The molecule has 3 aromatic carbocycles. The van der Waals surface area contributed by atoms with Crippen molar-refractivity contribution in [3.63, 3.8) is 0 Å². The summed E-state index contributed by atoms with van der Waals surface area (Å²) in [7, 11) is 0. The molecule has 0 aliphatic carbocycles. The van der Waals surface area contributed by atoms with E-state index in [4.69, 9.17) is 4.74 Å². The number of amides is 1. The number of hydrogen-bond donors (Lipinski definition) is 1. The molecule has 138 valence electrons. The molecule has 0 spiro atoms. The lowest BCUT2D eigenvalue weighted by atomic mass is 10.1. The Kier molecular flexibility index (Phi) is 5.15. The van der Waals surface area contributed by atoms with Crippen LogP contribution >= 0.6 is 0 Å². The van der Waals surface area contributed by atoms with Gasteiger partial charge in [0.2, 0.25) is 0 Å². The Morgan fingerprint density at radius 3 is 2.46 bits per heavy atom. The van der Waals surface area contributed by atoms with Crippen LogP contribution in [0.3, 0.4) is 0 Å². The molecule has 0 aliphatic rings. The summed E-state index contributed by atoms with van der Waals surface area (Å²) in [6.45, 7) is -0.0556. The smallest absolute Gasteiger partial charge is 0.262 e. The summed E-state index contributed by atoms with van der Waals surface area (Å²) in [6.07, 6.45) is 5.32. The standard InChI is InChI=1S/C23H19N3O2/c27-23(16-28-22-11-9-21(10-12-22)26-14-13-24-17-26)25-20-8-4-7-19(15-20)18-5-2-1-3-6-18/h1-15,17H,16H2,(H,25,27). The van der Waals surface area contributed by atoms with Crippen LogP contribution in [0, 0.1) is 0 Å². The van der Waals surface area contributed by atoms with Gasteiger partial charge in [0.05, 0.1) is 6.33 Å². The van der Waals surface area contributed by atoms with Crippen LogP contribution in [0.2, 0.25) is 0 Å². The zero-order chi connectivity index (χ0) is 19.2. The third-order valence-corrected chi connectivity index (χ3v) is 4.26. The third-order valence-electron chi connectivity index (χ3n) is 4.26. The number of rotatable bonds is 6. The minimum atomic E-state index is -0.205. The van der Waals surface area contributed by atoms with Crippen LogP contribution in [-0.4, -0.2) is 22.1 Å². The van der Waals surface area contributed by atoms with Gasteiger partial charge in [0, 0.05) is 23.8 Å². The van der Waals surface area contributed by atoms with E-state index in [0.717, 1.165) is 22.5 Å². The molecule has 0 unspecified atom stereocenters. The van der Waals surface area contributed by atoms with Gasteiger partial charge in [0.25, 0.3) is 5.91 Å². The third kappa shape index (κ3) is 4.27. The Labute approximate surface area is 163 Å². The van der Waals surface area contributed by atoms with Gasteiger partial charge in [-0.15, -0.1) is 0 Å². The fourth-order valence-electron chi connectivity index (χ4n) is 2.88. The predicted molar refractivity (Wildman–Crippen MR) is 110 cm³/mol. The number of ether oxygens (including phenoxy) is 1. The second-order valence-electron chi connectivity index (χ2n) is 6.25. The quantitative estimate of drug-likeness (QED) is 0.542. The van der Waals surface area contributed by atoms with Crippen molar-refractivity contribution in [2.45, 2.75) is 0 Å². The van der Waals surface area contributed by atoms with Crippen LogP contribution in [0.15, 0.2) is 97.6 Å². The maximum absolute atomic E-state index is 12.2. The molecule has 0 bridgehead atoms. The SMILES string of the molecule is O=C(COc1ccc(-n2ccnc2)cc1)Nc1cccc(-c2ccccc2)c1. The van der Waals surface area contributed by atoms with Crippen LogP contribution in [-0.2, 0) is 4.79 Å². The van der Waals surface area contributed by atoms with Crippen molar-refractivity contribution < 1.29 is 9.53 Å². The van der Waals surface area contributed by atoms with Gasteiger partial charge in [-0.2, -0.15) is 0 Å². The number of hydrogen-bond acceptors (Lipinski definition) is 3. The molecule has 5 nitrogen and oxygen atoms in total. The molecule has 0 radical (unpaired) electrons. The van der Waals surface area contributed by atoms with E-state index in [1.54, 1.807) is 12.5 Å². The van der Waals surface area contributed by atoms with Gasteiger partial charge in [-0.05, 0) is 47.5 Å². The lowest BCUT2D eigenvalue weighted by Crippen LogP contribution is -2.20. The second kappa shape index (κ2) is 8.22. The first-order valence-corrected chi connectivity index (χ1v) is 8.94. The highest BCUT2D eigenvalue weighted by Crippen LogP contribution is 2.22. The fourth-order valence-corrected chi connectivity index (χ4v) is 2.88. The zero-order valence-electron chi connectivity index (χ0n) is 15.2. The lowest BCUT2D eigenvalue weighted by molar-refractivity contribution is -0.118. The van der Waals surface area contributed by atoms with Gasteiger partial charge in [-0.3, -0.25) is 4.79 Å². The molecule has 0 fully saturated rings. The van der Waals surface area contributed by atoms with E-state index in [1.807, 2.05) is 89.6 Å². The van der Waals surface area contributed by atoms with Gasteiger partial charge in [-0.25, -0.2) is 4.98 Å². The summed E-state index contributed by atoms with van der Waals surface area (Å²) in [4.78, 5) is 16.3. The van der Waals surface area contributed by atoms with E-state index in [-0.39, 0.29) is 12.5 Å². The van der Waals surface area contributed by atoms with Crippen molar-refractivity contribution in [2.24, 2.45) is 0 Å². The number of aromatic nitrogens is 2. The van der Waals surface area contributed by atoms with Gasteiger partial charge in [-0.1, -0.05) is 42.5 Å². The van der Waals surface area contributed by atoms with Crippen molar-refractivity contribution in [1.82, 2.24) is 9.55 Å². The first-order chi connectivity index (χ1) is 13.8. The topological polar surface area (TPSA) is 56.2 Å². The maximum Gasteiger partial charge on any atom is 0.262 e. The average Bonchev–Trinajstić information content (AvgIpc) is 3.28. The monoisotopic (exact) mass is 369 g/mol. The molecule has 5 heteroatoms. The second-order valence-corrected chi connectivity index (χ2v) is 6.25. The Balaban J connectivity index is 1.35.